The molecule has 0 aliphatic carbocycles. The van der Waals surface area contributed by atoms with Crippen molar-refractivity contribution in [3.8, 4) is 0 Å². The first-order valence-electron chi connectivity index (χ1n) is 4.13. The van der Waals surface area contributed by atoms with Crippen molar-refractivity contribution in [2.24, 2.45) is 0 Å². The zero-order chi connectivity index (χ0) is 11.1. The van der Waals surface area contributed by atoms with Crippen LogP contribution in [0.2, 0.25) is 0 Å². The molecule has 0 radical (unpaired) electrons. The van der Waals surface area contributed by atoms with Crippen LogP contribution < -0.4 is 51.4 Å². The van der Waals surface area contributed by atoms with Gasteiger partial charge in [0.1, 0.15) is 10.1 Å². The Balaban J connectivity index is 0.00000128. The molecule has 0 bridgehead atoms. The van der Waals surface area contributed by atoms with Gasteiger partial charge in [-0.25, -0.2) is 8.42 Å². The molecule has 2 aromatic rings. The summed E-state index contributed by atoms with van der Waals surface area (Å²) in [5.74, 6) is 0. The Morgan fingerprint density at radius 2 is 1.56 bits per heavy atom. The van der Waals surface area contributed by atoms with E-state index in [1.807, 2.05) is 0 Å². The van der Waals surface area contributed by atoms with Gasteiger partial charge in [-0.2, -0.15) is 0 Å². The maximum atomic E-state index is 11.0. The largest absolute Gasteiger partial charge is 1.00 e. The summed E-state index contributed by atoms with van der Waals surface area (Å²) in [6.45, 7) is 0. The van der Waals surface area contributed by atoms with Gasteiger partial charge in [-0.1, -0.05) is 40.2 Å². The normalized spacial score (nSPS) is 11.1. The van der Waals surface area contributed by atoms with Crippen molar-refractivity contribution >= 4 is 36.8 Å². The minimum Gasteiger partial charge on any atom is -0.744 e. The molecule has 0 amide bonds. The zero-order valence-corrected chi connectivity index (χ0v) is 14.0. The molecule has 0 spiro atoms. The van der Waals surface area contributed by atoms with Gasteiger partial charge in [0.2, 0.25) is 0 Å². The van der Waals surface area contributed by atoms with Crippen LogP contribution in [0.15, 0.2) is 45.8 Å². The number of rotatable bonds is 1. The van der Waals surface area contributed by atoms with Crippen LogP contribution in [0.3, 0.4) is 0 Å². The molecular weight excluding hydrogens is 319 g/mol. The van der Waals surface area contributed by atoms with E-state index in [2.05, 4.69) is 15.9 Å². The quantitative estimate of drug-likeness (QED) is 0.525. The smallest absolute Gasteiger partial charge is 0.744 e. The van der Waals surface area contributed by atoms with Crippen LogP contribution in [0, 0.1) is 0 Å². The van der Waals surface area contributed by atoms with Gasteiger partial charge >= 0.3 is 51.4 Å². The summed E-state index contributed by atoms with van der Waals surface area (Å²) in [7, 11) is -4.42. The maximum absolute atomic E-state index is 11.0. The molecular formula is C10H6BrKO3S. The fourth-order valence-corrected chi connectivity index (χ4v) is 2.61. The summed E-state index contributed by atoms with van der Waals surface area (Å²) in [5, 5.41) is 1.16. The number of benzene rings is 2. The first-order valence-corrected chi connectivity index (χ1v) is 6.33. The zero-order valence-electron chi connectivity index (χ0n) is 8.48. The minimum atomic E-state index is -4.42. The van der Waals surface area contributed by atoms with Crippen molar-refractivity contribution in [1.82, 2.24) is 0 Å². The van der Waals surface area contributed by atoms with E-state index in [1.54, 1.807) is 30.3 Å². The molecule has 0 aromatic heterocycles. The standard InChI is InChI=1S/C10H7BrO3S.K/c11-9-5-6-10(15(12,13)14)8-4-2-1-3-7(8)9;/h1-6H,(H,12,13,14);/q;+1/p-1. The average Bonchev–Trinajstić information content (AvgIpc) is 2.17. The molecule has 2 aromatic carbocycles. The number of hydrogen-bond acceptors (Lipinski definition) is 3. The van der Waals surface area contributed by atoms with Crippen molar-refractivity contribution < 1.29 is 64.4 Å². The van der Waals surface area contributed by atoms with Crippen molar-refractivity contribution in [2.75, 3.05) is 0 Å². The number of halogens is 1. The van der Waals surface area contributed by atoms with Crippen LogP contribution in [-0.2, 0) is 10.1 Å². The van der Waals surface area contributed by atoms with Gasteiger partial charge in [-0.15, -0.1) is 0 Å². The van der Waals surface area contributed by atoms with E-state index in [1.165, 1.54) is 6.07 Å². The van der Waals surface area contributed by atoms with Crippen LogP contribution >= 0.6 is 15.9 Å². The van der Waals surface area contributed by atoms with Gasteiger partial charge in [0, 0.05) is 9.86 Å². The Hall–Kier alpha value is 0.726. The molecule has 0 N–H and O–H groups in total. The maximum Gasteiger partial charge on any atom is 1.00 e. The van der Waals surface area contributed by atoms with Crippen molar-refractivity contribution in [3.63, 3.8) is 0 Å². The molecule has 0 aliphatic rings. The molecule has 0 unspecified atom stereocenters. The average molecular weight is 325 g/mol. The molecule has 0 fully saturated rings. The predicted molar refractivity (Wildman–Crippen MR) is 59.6 cm³/mol. The molecule has 6 heteroatoms. The third kappa shape index (κ3) is 2.94. The summed E-state index contributed by atoms with van der Waals surface area (Å²) in [6.07, 6.45) is 0. The van der Waals surface area contributed by atoms with E-state index in [-0.39, 0.29) is 56.3 Å². The molecule has 0 saturated carbocycles. The van der Waals surface area contributed by atoms with Crippen LogP contribution in [0.4, 0.5) is 0 Å². The van der Waals surface area contributed by atoms with Crippen LogP contribution in [0.5, 0.6) is 0 Å². The van der Waals surface area contributed by atoms with Crippen molar-refractivity contribution in [1.29, 1.82) is 0 Å². The van der Waals surface area contributed by atoms with E-state index in [0.29, 0.717) is 5.39 Å². The molecule has 0 aliphatic heterocycles. The summed E-state index contributed by atoms with van der Waals surface area (Å²) in [5.41, 5.74) is 0. The molecule has 0 saturated heterocycles. The Labute approximate surface area is 145 Å². The van der Waals surface area contributed by atoms with Gasteiger partial charge in [0.15, 0.2) is 0 Å². The first kappa shape index (κ1) is 14.8. The molecule has 0 atom stereocenters. The van der Waals surface area contributed by atoms with Gasteiger partial charge in [0.05, 0.1) is 4.90 Å². The van der Waals surface area contributed by atoms with E-state index in [4.69, 9.17) is 0 Å². The first-order chi connectivity index (χ1) is 7.00. The van der Waals surface area contributed by atoms with Crippen LogP contribution in [-0.4, -0.2) is 13.0 Å². The Morgan fingerprint density at radius 3 is 2.12 bits per heavy atom. The Morgan fingerprint density at radius 1 is 1.00 bits per heavy atom. The fourth-order valence-electron chi connectivity index (χ4n) is 1.45. The van der Waals surface area contributed by atoms with E-state index in [9.17, 15) is 13.0 Å². The van der Waals surface area contributed by atoms with E-state index in [0.717, 1.165) is 9.86 Å². The van der Waals surface area contributed by atoms with Gasteiger partial charge < -0.3 is 4.55 Å². The molecule has 2 rings (SSSR count). The van der Waals surface area contributed by atoms with Gasteiger partial charge in [-0.3, -0.25) is 0 Å². The summed E-state index contributed by atoms with van der Waals surface area (Å²) >= 11 is 3.30. The number of fused-ring (bicyclic) bond motifs is 1. The second-order valence-electron chi connectivity index (χ2n) is 3.05. The van der Waals surface area contributed by atoms with Crippen LogP contribution in [0.1, 0.15) is 0 Å². The second-order valence-corrected chi connectivity index (χ2v) is 5.25. The topological polar surface area (TPSA) is 57.2 Å². The third-order valence-corrected chi connectivity index (χ3v) is 3.69. The Kier molecular flexibility index (Phi) is 5.16. The monoisotopic (exact) mass is 324 g/mol. The van der Waals surface area contributed by atoms with Crippen LogP contribution in [0.25, 0.3) is 10.8 Å². The van der Waals surface area contributed by atoms with E-state index < -0.39 is 10.1 Å². The molecule has 0 heterocycles. The third-order valence-electron chi connectivity index (χ3n) is 2.10. The molecule has 16 heavy (non-hydrogen) atoms. The summed E-state index contributed by atoms with van der Waals surface area (Å²) in [4.78, 5) is -0.179. The summed E-state index contributed by atoms with van der Waals surface area (Å²) < 4.78 is 33.7. The fraction of sp³-hybridized carbons (Fsp3) is 0. The second kappa shape index (κ2) is 5.58. The molecule has 78 valence electrons. The summed E-state index contributed by atoms with van der Waals surface area (Å²) in [6, 6.07) is 9.73. The van der Waals surface area contributed by atoms with Crippen molar-refractivity contribution in [3.05, 3.63) is 40.9 Å². The van der Waals surface area contributed by atoms with Crippen molar-refractivity contribution in [2.45, 2.75) is 4.90 Å². The SMILES string of the molecule is O=S(=O)([O-])c1ccc(Br)c2ccccc12.[K+]. The minimum absolute atomic E-state index is 0. The van der Waals surface area contributed by atoms with E-state index >= 15 is 0 Å². The Bertz CT molecular complexity index is 625. The number of hydrogen-bond donors (Lipinski definition) is 0. The predicted octanol–water partition coefficient (Wildman–Crippen LogP) is -0.490. The van der Waals surface area contributed by atoms with Gasteiger partial charge in [-0.05, 0) is 17.5 Å². The van der Waals surface area contributed by atoms with Gasteiger partial charge in [0.25, 0.3) is 0 Å². The molecule has 3 nitrogen and oxygen atoms in total.